The molecule has 3 aromatic rings. The Labute approximate surface area is 131 Å². The second-order valence-electron chi connectivity index (χ2n) is 5.52. The maximum Gasteiger partial charge on any atom is 0.259 e. The fraction of sp³-hybridized carbons (Fsp3) is 0.188. The maximum absolute atomic E-state index is 13.5. The quantitative estimate of drug-likeness (QED) is 0.777. The highest BCUT2D eigenvalue weighted by molar-refractivity contribution is 6.09. The van der Waals surface area contributed by atoms with Gasteiger partial charge in [-0.1, -0.05) is 0 Å². The Morgan fingerprint density at radius 1 is 1.22 bits per heavy atom. The molecule has 116 valence electrons. The van der Waals surface area contributed by atoms with Crippen LogP contribution >= 0.6 is 0 Å². The lowest BCUT2D eigenvalue weighted by Crippen LogP contribution is -2.14. The molecule has 2 heterocycles. The van der Waals surface area contributed by atoms with Crippen molar-refractivity contribution in [3.8, 4) is 0 Å². The van der Waals surface area contributed by atoms with Gasteiger partial charge in [-0.05, 0) is 43.2 Å². The first-order chi connectivity index (χ1) is 11.2. The summed E-state index contributed by atoms with van der Waals surface area (Å²) in [5, 5.41) is 14.1. The Kier molecular flexibility index (Phi) is 3.18. The molecule has 0 radical (unpaired) electrons. The van der Waals surface area contributed by atoms with Crippen LogP contribution in [0.5, 0.6) is 0 Å². The summed E-state index contributed by atoms with van der Waals surface area (Å²) in [7, 11) is 0. The molecular formula is C16H14FN5O. The minimum Gasteiger partial charge on any atom is -0.381 e. The highest BCUT2D eigenvalue weighted by Gasteiger charge is 2.23. The molecule has 0 atom stereocenters. The first kappa shape index (κ1) is 13.7. The fourth-order valence-corrected chi connectivity index (χ4v) is 2.39. The molecule has 1 fully saturated rings. The molecule has 4 rings (SSSR count). The number of rotatable bonds is 4. The number of hydrogen-bond acceptors (Lipinski definition) is 4. The Balaban J connectivity index is 1.63. The van der Waals surface area contributed by atoms with E-state index in [0.29, 0.717) is 28.5 Å². The molecule has 23 heavy (non-hydrogen) atoms. The van der Waals surface area contributed by atoms with E-state index in [9.17, 15) is 9.18 Å². The molecule has 1 amide bonds. The molecule has 1 aliphatic rings. The van der Waals surface area contributed by atoms with Crippen molar-refractivity contribution >= 4 is 22.8 Å². The summed E-state index contributed by atoms with van der Waals surface area (Å²) >= 11 is 0. The second-order valence-corrected chi connectivity index (χ2v) is 5.52. The SMILES string of the molecule is O=C(Nc1ccc(F)cc1NC1CC1)c1cnn2ncccc12. The van der Waals surface area contributed by atoms with Gasteiger partial charge in [-0.15, -0.1) is 0 Å². The third-order valence-electron chi connectivity index (χ3n) is 3.72. The number of benzene rings is 1. The van der Waals surface area contributed by atoms with Crippen molar-refractivity contribution in [2.24, 2.45) is 0 Å². The summed E-state index contributed by atoms with van der Waals surface area (Å²) in [4.78, 5) is 12.5. The summed E-state index contributed by atoms with van der Waals surface area (Å²) < 4.78 is 14.9. The molecule has 0 spiro atoms. The predicted molar refractivity (Wildman–Crippen MR) is 84.0 cm³/mol. The number of nitrogens with zero attached hydrogens (tertiary/aromatic N) is 3. The van der Waals surface area contributed by atoms with Gasteiger partial charge in [0.05, 0.1) is 23.1 Å². The molecule has 0 saturated heterocycles. The molecule has 7 heteroatoms. The Morgan fingerprint density at radius 3 is 2.91 bits per heavy atom. The van der Waals surface area contributed by atoms with Crippen LogP contribution in [0.1, 0.15) is 23.2 Å². The fourth-order valence-electron chi connectivity index (χ4n) is 2.39. The van der Waals surface area contributed by atoms with Crippen LogP contribution in [0.3, 0.4) is 0 Å². The minimum absolute atomic E-state index is 0.307. The average Bonchev–Trinajstić information content (AvgIpc) is 3.25. The molecule has 1 aliphatic carbocycles. The lowest BCUT2D eigenvalue weighted by atomic mass is 10.2. The summed E-state index contributed by atoms with van der Waals surface area (Å²) in [6, 6.07) is 8.14. The van der Waals surface area contributed by atoms with Gasteiger partial charge >= 0.3 is 0 Å². The van der Waals surface area contributed by atoms with Gasteiger partial charge in [-0.3, -0.25) is 4.79 Å². The van der Waals surface area contributed by atoms with E-state index in [-0.39, 0.29) is 11.7 Å². The number of carbonyl (C=O) groups is 1. The average molecular weight is 311 g/mol. The zero-order valence-electron chi connectivity index (χ0n) is 12.2. The molecule has 0 aliphatic heterocycles. The third kappa shape index (κ3) is 2.73. The van der Waals surface area contributed by atoms with Crippen LogP contribution < -0.4 is 10.6 Å². The maximum atomic E-state index is 13.5. The van der Waals surface area contributed by atoms with Gasteiger partial charge in [0.15, 0.2) is 0 Å². The molecule has 2 N–H and O–H groups in total. The summed E-state index contributed by atoms with van der Waals surface area (Å²) in [6.07, 6.45) is 5.18. The van der Waals surface area contributed by atoms with Crippen molar-refractivity contribution in [2.75, 3.05) is 10.6 Å². The van der Waals surface area contributed by atoms with Crippen molar-refractivity contribution < 1.29 is 9.18 Å². The number of fused-ring (bicyclic) bond motifs is 1. The number of nitrogens with one attached hydrogen (secondary N) is 2. The van der Waals surface area contributed by atoms with E-state index in [0.717, 1.165) is 12.8 Å². The van der Waals surface area contributed by atoms with Crippen molar-refractivity contribution in [2.45, 2.75) is 18.9 Å². The topological polar surface area (TPSA) is 71.3 Å². The van der Waals surface area contributed by atoms with Crippen LogP contribution in [0.25, 0.3) is 5.52 Å². The zero-order chi connectivity index (χ0) is 15.8. The number of aromatic nitrogens is 3. The van der Waals surface area contributed by atoms with Crippen LogP contribution in [0.4, 0.5) is 15.8 Å². The van der Waals surface area contributed by atoms with Gasteiger partial charge < -0.3 is 10.6 Å². The molecule has 0 bridgehead atoms. The number of halogens is 1. The Hall–Kier alpha value is -2.96. The molecule has 2 aromatic heterocycles. The van der Waals surface area contributed by atoms with Crippen LogP contribution in [-0.2, 0) is 0 Å². The van der Waals surface area contributed by atoms with Crippen molar-refractivity contribution in [1.29, 1.82) is 0 Å². The largest absolute Gasteiger partial charge is 0.381 e. The zero-order valence-corrected chi connectivity index (χ0v) is 12.2. The van der Waals surface area contributed by atoms with Gasteiger partial charge in [0.25, 0.3) is 5.91 Å². The predicted octanol–water partition coefficient (Wildman–Crippen LogP) is 2.70. The van der Waals surface area contributed by atoms with E-state index in [1.54, 1.807) is 24.4 Å². The minimum atomic E-state index is -0.341. The van der Waals surface area contributed by atoms with E-state index in [2.05, 4.69) is 20.8 Å². The molecule has 1 aromatic carbocycles. The van der Waals surface area contributed by atoms with Gasteiger partial charge in [0, 0.05) is 12.2 Å². The van der Waals surface area contributed by atoms with Crippen molar-refractivity contribution in [3.63, 3.8) is 0 Å². The summed E-state index contributed by atoms with van der Waals surface area (Å²) in [5.41, 5.74) is 2.17. The number of hydrogen-bond donors (Lipinski definition) is 2. The van der Waals surface area contributed by atoms with E-state index in [1.807, 2.05) is 0 Å². The summed E-state index contributed by atoms with van der Waals surface area (Å²) in [6.45, 7) is 0. The van der Waals surface area contributed by atoms with Crippen molar-refractivity contribution in [1.82, 2.24) is 14.8 Å². The van der Waals surface area contributed by atoms with E-state index >= 15 is 0 Å². The molecule has 0 unspecified atom stereocenters. The third-order valence-corrected chi connectivity index (χ3v) is 3.72. The first-order valence-electron chi connectivity index (χ1n) is 7.37. The van der Waals surface area contributed by atoms with Crippen LogP contribution in [-0.4, -0.2) is 26.8 Å². The number of carbonyl (C=O) groups excluding carboxylic acids is 1. The van der Waals surface area contributed by atoms with Gasteiger partial charge in [0.2, 0.25) is 0 Å². The number of anilines is 2. The van der Waals surface area contributed by atoms with E-state index < -0.39 is 0 Å². The number of amides is 1. The van der Waals surface area contributed by atoms with Crippen molar-refractivity contribution in [3.05, 3.63) is 54.1 Å². The Bertz CT molecular complexity index is 887. The van der Waals surface area contributed by atoms with Crippen LogP contribution in [0, 0.1) is 5.82 Å². The smallest absolute Gasteiger partial charge is 0.259 e. The summed E-state index contributed by atoms with van der Waals surface area (Å²) in [5.74, 6) is -0.648. The van der Waals surface area contributed by atoms with Gasteiger partial charge in [-0.25, -0.2) is 4.39 Å². The standard InChI is InChI=1S/C16H14FN5O/c17-10-3-6-13(14(8-10)20-11-4-5-11)21-16(23)12-9-19-22-15(12)2-1-7-18-22/h1-3,6-9,11,20H,4-5H2,(H,21,23). The highest BCUT2D eigenvalue weighted by atomic mass is 19.1. The molecular weight excluding hydrogens is 297 g/mol. The van der Waals surface area contributed by atoms with E-state index in [4.69, 9.17) is 0 Å². The monoisotopic (exact) mass is 311 g/mol. The lowest BCUT2D eigenvalue weighted by Gasteiger charge is -2.12. The van der Waals surface area contributed by atoms with Gasteiger partial charge in [-0.2, -0.15) is 14.8 Å². The normalized spacial score (nSPS) is 14.0. The van der Waals surface area contributed by atoms with Crippen LogP contribution in [0.2, 0.25) is 0 Å². The van der Waals surface area contributed by atoms with E-state index in [1.165, 1.54) is 23.0 Å². The van der Waals surface area contributed by atoms with Gasteiger partial charge in [0.1, 0.15) is 11.3 Å². The first-order valence-corrected chi connectivity index (χ1v) is 7.37. The highest BCUT2D eigenvalue weighted by Crippen LogP contribution is 2.30. The molecule has 6 nitrogen and oxygen atoms in total. The van der Waals surface area contributed by atoms with Crippen LogP contribution in [0.15, 0.2) is 42.7 Å². The second kappa shape index (κ2) is 5.35. The molecule has 1 saturated carbocycles. The Morgan fingerprint density at radius 2 is 2.09 bits per heavy atom. The lowest BCUT2D eigenvalue weighted by molar-refractivity contribution is 0.102.